The number of nitrogens with zero attached hydrogens (tertiary/aromatic N) is 3. The van der Waals surface area contributed by atoms with Gasteiger partial charge in [0.1, 0.15) is 0 Å². The molecule has 0 aromatic carbocycles. The number of alkyl halides is 2. The largest absolute Gasteiger partial charge is 0.417 e. The van der Waals surface area contributed by atoms with Gasteiger partial charge in [0.05, 0.1) is 37.3 Å². The normalized spacial score (nSPS) is 13.8. The van der Waals surface area contributed by atoms with Crippen molar-refractivity contribution in [2.24, 2.45) is 0 Å². The van der Waals surface area contributed by atoms with E-state index in [1.807, 2.05) is 0 Å². The molecule has 2 aromatic rings. The van der Waals surface area contributed by atoms with Gasteiger partial charge in [0.2, 0.25) is 5.88 Å². The molecule has 9 heteroatoms. The minimum Gasteiger partial charge on any atom is -0.417 e. The third-order valence-electron chi connectivity index (χ3n) is 3.00. The molecule has 1 aliphatic rings. The van der Waals surface area contributed by atoms with Crippen LogP contribution in [0.25, 0.3) is 0 Å². The number of fused-ring (bicyclic) bond motifs is 1. The van der Waals surface area contributed by atoms with Crippen LogP contribution >= 0.6 is 0 Å². The number of anilines is 1. The topological polar surface area (TPSA) is 78.3 Å². The van der Waals surface area contributed by atoms with Gasteiger partial charge in [0.15, 0.2) is 5.69 Å². The SMILES string of the molecule is O=C(Nc1ccc(OC(F)F)nc1)c1cc2n(n1)CCOC2. The number of amides is 1. The Bertz CT molecular complexity index is 649. The second-order valence-corrected chi connectivity index (χ2v) is 4.51. The van der Waals surface area contributed by atoms with E-state index < -0.39 is 12.5 Å². The van der Waals surface area contributed by atoms with Crippen molar-refractivity contribution in [1.29, 1.82) is 0 Å². The van der Waals surface area contributed by atoms with E-state index in [2.05, 4.69) is 20.1 Å². The zero-order valence-electron chi connectivity index (χ0n) is 11.3. The highest BCUT2D eigenvalue weighted by molar-refractivity contribution is 6.02. The van der Waals surface area contributed by atoms with Gasteiger partial charge in [0.25, 0.3) is 5.91 Å². The smallest absolute Gasteiger partial charge is 0.388 e. The van der Waals surface area contributed by atoms with Crippen LogP contribution in [0.5, 0.6) is 5.88 Å². The molecule has 1 N–H and O–H groups in total. The van der Waals surface area contributed by atoms with Crippen LogP contribution in [0.2, 0.25) is 0 Å². The first-order chi connectivity index (χ1) is 10.6. The molecular weight excluding hydrogens is 298 g/mol. The summed E-state index contributed by atoms with van der Waals surface area (Å²) in [5.41, 5.74) is 1.44. The van der Waals surface area contributed by atoms with Crippen molar-refractivity contribution in [2.45, 2.75) is 19.8 Å². The average Bonchev–Trinajstić information content (AvgIpc) is 2.93. The summed E-state index contributed by atoms with van der Waals surface area (Å²) in [4.78, 5) is 15.8. The number of halogens is 2. The predicted molar refractivity (Wildman–Crippen MR) is 70.7 cm³/mol. The fraction of sp³-hybridized carbons (Fsp3) is 0.308. The van der Waals surface area contributed by atoms with Crippen LogP contribution in [0.1, 0.15) is 16.2 Å². The number of carbonyl (C=O) groups excluding carboxylic acids is 1. The first kappa shape index (κ1) is 14.4. The highest BCUT2D eigenvalue weighted by Gasteiger charge is 2.17. The highest BCUT2D eigenvalue weighted by atomic mass is 19.3. The lowest BCUT2D eigenvalue weighted by Gasteiger charge is -2.12. The Hall–Kier alpha value is -2.55. The Morgan fingerprint density at radius 3 is 3.00 bits per heavy atom. The Kier molecular flexibility index (Phi) is 3.96. The molecule has 0 spiro atoms. The fourth-order valence-electron chi connectivity index (χ4n) is 2.01. The van der Waals surface area contributed by atoms with Crippen molar-refractivity contribution in [3.63, 3.8) is 0 Å². The molecule has 1 aliphatic heterocycles. The van der Waals surface area contributed by atoms with Gasteiger partial charge in [-0.1, -0.05) is 0 Å². The molecular formula is C13H12F2N4O3. The van der Waals surface area contributed by atoms with Gasteiger partial charge in [-0.25, -0.2) is 4.98 Å². The fourth-order valence-corrected chi connectivity index (χ4v) is 2.01. The van der Waals surface area contributed by atoms with Crippen LogP contribution in [0.4, 0.5) is 14.5 Å². The van der Waals surface area contributed by atoms with E-state index in [0.717, 1.165) is 5.69 Å². The minimum atomic E-state index is -2.94. The van der Waals surface area contributed by atoms with Gasteiger partial charge in [-0.3, -0.25) is 9.48 Å². The maximum absolute atomic E-state index is 12.1. The lowest BCUT2D eigenvalue weighted by atomic mass is 10.3. The molecule has 0 radical (unpaired) electrons. The number of pyridine rings is 1. The van der Waals surface area contributed by atoms with E-state index in [1.54, 1.807) is 10.7 Å². The average molecular weight is 310 g/mol. The maximum atomic E-state index is 12.1. The molecule has 7 nitrogen and oxygen atoms in total. The van der Waals surface area contributed by atoms with Gasteiger partial charge in [-0.05, 0) is 12.1 Å². The lowest BCUT2D eigenvalue weighted by molar-refractivity contribution is -0.0528. The van der Waals surface area contributed by atoms with Crippen LogP contribution in [0.15, 0.2) is 24.4 Å². The van der Waals surface area contributed by atoms with Crippen molar-refractivity contribution in [1.82, 2.24) is 14.8 Å². The second-order valence-electron chi connectivity index (χ2n) is 4.51. The van der Waals surface area contributed by atoms with Gasteiger partial charge >= 0.3 is 6.61 Å². The number of ether oxygens (including phenoxy) is 2. The molecule has 2 aromatic heterocycles. The van der Waals surface area contributed by atoms with E-state index in [1.165, 1.54) is 18.3 Å². The van der Waals surface area contributed by atoms with Gasteiger partial charge < -0.3 is 14.8 Å². The molecule has 3 heterocycles. The molecule has 0 saturated carbocycles. The van der Waals surface area contributed by atoms with Crippen molar-refractivity contribution < 1.29 is 23.0 Å². The molecule has 0 fully saturated rings. The Morgan fingerprint density at radius 2 is 2.32 bits per heavy atom. The van der Waals surface area contributed by atoms with Crippen molar-refractivity contribution in [3.05, 3.63) is 35.8 Å². The molecule has 3 rings (SSSR count). The molecule has 0 atom stereocenters. The van der Waals surface area contributed by atoms with Crippen molar-refractivity contribution in [3.8, 4) is 5.88 Å². The summed E-state index contributed by atoms with van der Waals surface area (Å²) >= 11 is 0. The third-order valence-corrected chi connectivity index (χ3v) is 3.00. The number of carbonyl (C=O) groups is 1. The van der Waals surface area contributed by atoms with E-state index in [4.69, 9.17) is 4.74 Å². The van der Waals surface area contributed by atoms with E-state index >= 15 is 0 Å². The van der Waals surface area contributed by atoms with Gasteiger partial charge in [-0.2, -0.15) is 13.9 Å². The van der Waals surface area contributed by atoms with Gasteiger partial charge in [0, 0.05) is 6.07 Å². The van der Waals surface area contributed by atoms with Crippen LogP contribution in [-0.4, -0.2) is 33.9 Å². The van der Waals surface area contributed by atoms with E-state index in [9.17, 15) is 13.6 Å². The first-order valence-corrected chi connectivity index (χ1v) is 6.48. The summed E-state index contributed by atoms with van der Waals surface area (Å²) < 4.78 is 35.1. The zero-order chi connectivity index (χ0) is 15.5. The van der Waals surface area contributed by atoms with Crippen LogP contribution in [-0.2, 0) is 17.9 Å². The third kappa shape index (κ3) is 3.19. The predicted octanol–water partition coefficient (Wildman–Crippen LogP) is 1.66. The molecule has 0 saturated heterocycles. The summed E-state index contributed by atoms with van der Waals surface area (Å²) in [5.74, 6) is -0.631. The highest BCUT2D eigenvalue weighted by Crippen LogP contribution is 2.16. The zero-order valence-corrected chi connectivity index (χ0v) is 11.3. The standard InChI is InChI=1S/C13H12F2N4O3/c14-13(15)22-11-2-1-8(6-16-11)17-12(20)10-5-9-7-21-4-3-19(9)18-10/h1-2,5-6,13H,3-4,7H2,(H,17,20). The molecule has 0 aliphatic carbocycles. The van der Waals surface area contributed by atoms with Crippen LogP contribution < -0.4 is 10.1 Å². The summed E-state index contributed by atoms with van der Waals surface area (Å²) in [7, 11) is 0. The summed E-state index contributed by atoms with van der Waals surface area (Å²) in [6.45, 7) is -1.36. The molecule has 1 amide bonds. The number of hydrogen-bond donors (Lipinski definition) is 1. The van der Waals surface area contributed by atoms with Crippen LogP contribution in [0, 0.1) is 0 Å². The Labute approximate surface area is 123 Å². The molecule has 22 heavy (non-hydrogen) atoms. The minimum absolute atomic E-state index is 0.220. The number of hydrogen-bond acceptors (Lipinski definition) is 5. The molecule has 0 bridgehead atoms. The second kappa shape index (κ2) is 6.06. The maximum Gasteiger partial charge on any atom is 0.388 e. The van der Waals surface area contributed by atoms with Crippen molar-refractivity contribution >= 4 is 11.6 Å². The number of nitrogens with one attached hydrogen (secondary N) is 1. The van der Waals surface area contributed by atoms with Crippen LogP contribution in [0.3, 0.4) is 0 Å². The summed E-state index contributed by atoms with van der Waals surface area (Å²) in [5, 5.41) is 6.77. The Balaban J connectivity index is 1.67. The molecule has 116 valence electrons. The quantitative estimate of drug-likeness (QED) is 0.929. The lowest BCUT2D eigenvalue weighted by Crippen LogP contribution is -2.17. The van der Waals surface area contributed by atoms with E-state index in [0.29, 0.717) is 25.4 Å². The summed E-state index contributed by atoms with van der Waals surface area (Å²) in [6.07, 6.45) is 1.23. The van der Waals surface area contributed by atoms with Gasteiger partial charge in [-0.15, -0.1) is 0 Å². The molecule has 0 unspecified atom stereocenters. The van der Waals surface area contributed by atoms with E-state index in [-0.39, 0.29) is 11.6 Å². The van der Waals surface area contributed by atoms with Crippen molar-refractivity contribution in [2.75, 3.05) is 11.9 Å². The monoisotopic (exact) mass is 310 g/mol. The number of rotatable bonds is 4. The summed E-state index contributed by atoms with van der Waals surface area (Å²) in [6, 6.07) is 4.31. The number of aromatic nitrogens is 3. The Morgan fingerprint density at radius 1 is 1.45 bits per heavy atom. The first-order valence-electron chi connectivity index (χ1n) is 6.48.